The van der Waals surface area contributed by atoms with Crippen molar-refractivity contribution in [1.29, 1.82) is 0 Å². The molecule has 350 valence electrons. The van der Waals surface area contributed by atoms with E-state index in [1.807, 2.05) is 90.7 Å². The molecule has 0 saturated heterocycles. The summed E-state index contributed by atoms with van der Waals surface area (Å²) in [5.41, 5.74) is 7.35. The Balaban J connectivity index is 1.19. The van der Waals surface area contributed by atoms with Gasteiger partial charge < -0.3 is 0 Å². The molecule has 0 amide bonds. The van der Waals surface area contributed by atoms with Crippen molar-refractivity contribution in [3.63, 3.8) is 0 Å². The van der Waals surface area contributed by atoms with Crippen molar-refractivity contribution in [2.24, 2.45) is 0 Å². The monoisotopic (exact) mass is 1100 g/mol. The number of benzene rings is 6. The first kappa shape index (κ1) is 35.6. The van der Waals surface area contributed by atoms with Gasteiger partial charge in [0.15, 0.2) is 0 Å². The van der Waals surface area contributed by atoms with Crippen molar-refractivity contribution < 1.29 is 37.8 Å². The summed E-state index contributed by atoms with van der Waals surface area (Å²) in [5.74, 6) is 1.94. The van der Waals surface area contributed by atoms with Crippen molar-refractivity contribution in [3.8, 4) is 56.4 Å². The van der Waals surface area contributed by atoms with Crippen molar-refractivity contribution in [2.75, 3.05) is 4.81 Å². The van der Waals surface area contributed by atoms with Crippen LogP contribution in [0, 0.1) is 3.80 Å². The van der Waals surface area contributed by atoms with Crippen LogP contribution in [0.4, 0.5) is 11.5 Å². The summed E-state index contributed by atoms with van der Waals surface area (Å²) in [4.78, 5) is 7.30. The standard InChI is InChI=1S/C60H61BN6O.Pt/c1-11-32-61-66(56-36-43(31-33-62-56)58(2,3)4)53-38-47(29-30-48(53)54-39-55(60(8,9)10)63-67(54)61)68-46-26-20-25-45(37-46)64-40-65(52-28-19-18-27-51(52)64)57-49(41-21-14-12-15-22-41)34-44(59(5,6)7)35-50(57)42-23-16-13-17-24-42;/h12-31,33-39H,11,32H2,1-10H3;/i12D,13D,14D,15D,16D,17D,21D,22D,23D,24D;. The molecule has 0 radical (unpaired) electrons. The number of imidazole rings is 1. The Morgan fingerprint density at radius 3 is 1.86 bits per heavy atom. The third-order valence-electron chi connectivity index (χ3n) is 12.7. The normalized spacial score (nSPS) is 15.0. The molecule has 10 rings (SSSR count). The summed E-state index contributed by atoms with van der Waals surface area (Å²) in [6.07, 6.45) is 3.60. The Morgan fingerprint density at radius 1 is 0.623 bits per heavy atom. The van der Waals surface area contributed by atoms with E-state index in [9.17, 15) is 5.48 Å². The van der Waals surface area contributed by atoms with Crippen molar-refractivity contribution in [3.05, 3.63) is 184 Å². The minimum absolute atomic E-state index is 0.0991. The predicted molar refractivity (Wildman–Crippen MR) is 283 cm³/mol. The van der Waals surface area contributed by atoms with Gasteiger partial charge in [-0.1, -0.05) is 54.9 Å². The summed E-state index contributed by atoms with van der Waals surface area (Å²) >= 11 is 2.21. The summed E-state index contributed by atoms with van der Waals surface area (Å²) in [6, 6.07) is 26.5. The molecule has 0 N–H and O–H groups in total. The number of aromatic nitrogens is 5. The van der Waals surface area contributed by atoms with E-state index < -0.39 is 65.8 Å². The number of para-hydroxylation sites is 2. The molecule has 3 aromatic heterocycles. The minimum atomic E-state index is -0.630. The molecule has 69 heavy (non-hydrogen) atoms. The quantitative estimate of drug-likeness (QED) is 0.135. The van der Waals surface area contributed by atoms with Gasteiger partial charge >= 0.3 is 341 Å². The van der Waals surface area contributed by atoms with Crippen LogP contribution in [0.25, 0.3) is 55.9 Å². The van der Waals surface area contributed by atoms with Crippen LogP contribution >= 0.6 is 0 Å². The molecule has 4 heterocycles. The Bertz CT molecular complexity index is 3890. The van der Waals surface area contributed by atoms with Gasteiger partial charge in [-0.05, 0) is 17.0 Å². The second-order valence-electron chi connectivity index (χ2n) is 20.8. The summed E-state index contributed by atoms with van der Waals surface area (Å²) in [6.45, 7) is 21.0. The topological polar surface area (TPSA) is 53.0 Å². The van der Waals surface area contributed by atoms with E-state index in [1.54, 1.807) is 12.1 Å². The number of nitrogens with zero attached hydrogens (tertiary/aromatic N) is 6. The number of hydrogen-bond donors (Lipinski definition) is 0. The Labute approximate surface area is 433 Å². The molecule has 0 atom stereocenters. The SMILES string of the molecule is [2H]c1c([2H])c([2H])c(-c2cc(C(C)(C)C)cc(-c3c([2H])c([2H])c([2H])c([2H])c3[2H])c2-n2[c](=[Pt])n(-c3cccc(Oc4ccc5c(c4)N(c4cc(C(C)(C)C)ccn4)B(CCC)n4nc(C(C)(C)C)cc4-5)c3)c3ccccc32)c([2H])c1[2H]. The molecule has 0 spiro atoms. The number of ether oxygens (including phenoxy) is 1. The molecule has 6 aromatic carbocycles. The summed E-state index contributed by atoms with van der Waals surface area (Å²) in [5, 5.41) is 5.27. The van der Waals surface area contributed by atoms with Gasteiger partial charge in [0.05, 0.1) is 5.69 Å². The fourth-order valence-corrected chi connectivity index (χ4v) is 10.2. The van der Waals surface area contributed by atoms with Crippen LogP contribution < -0.4 is 9.55 Å². The number of hydrogen-bond acceptors (Lipinski definition) is 4. The fraction of sp³-hybridized carbons (Fsp3) is 0.250. The van der Waals surface area contributed by atoms with E-state index in [2.05, 4.69) is 108 Å². The predicted octanol–water partition coefficient (Wildman–Crippen LogP) is 15.7. The van der Waals surface area contributed by atoms with Gasteiger partial charge in [0.25, 0.3) is 0 Å². The van der Waals surface area contributed by atoms with E-state index in [0.717, 1.165) is 46.8 Å². The van der Waals surface area contributed by atoms with Gasteiger partial charge in [-0.15, -0.1) is 0 Å². The zero-order chi connectivity index (χ0) is 57.1. The van der Waals surface area contributed by atoms with Crippen LogP contribution in [0.5, 0.6) is 11.5 Å². The maximum atomic E-state index is 9.34. The average Bonchev–Trinajstić information content (AvgIpc) is 3.95. The first-order valence-electron chi connectivity index (χ1n) is 28.4. The number of pyridine rings is 1. The van der Waals surface area contributed by atoms with Crippen LogP contribution in [0.1, 0.15) is 106 Å². The van der Waals surface area contributed by atoms with Gasteiger partial charge in [-0.25, -0.2) is 0 Å². The molecule has 7 nitrogen and oxygen atoms in total. The van der Waals surface area contributed by atoms with Gasteiger partial charge in [0.2, 0.25) is 0 Å². The van der Waals surface area contributed by atoms with E-state index in [-0.39, 0.29) is 45.8 Å². The van der Waals surface area contributed by atoms with Crippen LogP contribution in [-0.4, -0.2) is 30.8 Å². The van der Waals surface area contributed by atoms with Crippen LogP contribution in [0.2, 0.25) is 6.32 Å². The summed E-state index contributed by atoms with van der Waals surface area (Å²) < 4.78 is 103. The van der Waals surface area contributed by atoms with E-state index >= 15 is 0 Å². The molecule has 9 heteroatoms. The zero-order valence-corrected chi connectivity index (χ0v) is 43.0. The second-order valence-corrected chi connectivity index (χ2v) is 21.8. The van der Waals surface area contributed by atoms with E-state index in [0.29, 0.717) is 37.6 Å². The number of anilines is 2. The molecular formula is C60H61BN6OPt. The Morgan fingerprint density at radius 2 is 1.25 bits per heavy atom. The molecule has 1 aliphatic rings. The van der Waals surface area contributed by atoms with E-state index in [4.69, 9.17) is 23.0 Å². The van der Waals surface area contributed by atoms with Gasteiger partial charge in [0, 0.05) is 11.6 Å². The third kappa shape index (κ3) is 8.67. The van der Waals surface area contributed by atoms with Crippen LogP contribution in [0.3, 0.4) is 0 Å². The molecule has 0 saturated carbocycles. The zero-order valence-electron chi connectivity index (χ0n) is 50.7. The Hall–Kier alpha value is -6.50. The second kappa shape index (κ2) is 17.8. The van der Waals surface area contributed by atoms with Crippen LogP contribution in [0.15, 0.2) is 164 Å². The van der Waals surface area contributed by atoms with Gasteiger partial charge in [0.1, 0.15) is 0 Å². The Kier molecular flexibility index (Phi) is 9.18. The molecule has 0 unspecified atom stereocenters. The molecular weight excluding hydrogens is 1030 g/mol. The first-order valence-corrected chi connectivity index (χ1v) is 24.6. The van der Waals surface area contributed by atoms with Crippen molar-refractivity contribution in [1.82, 2.24) is 23.8 Å². The number of rotatable bonds is 9. The number of fused-ring (bicyclic) bond motifs is 4. The summed E-state index contributed by atoms with van der Waals surface area (Å²) in [7, 11) is 0. The first-order chi connectivity index (χ1) is 37.1. The molecule has 0 bridgehead atoms. The molecule has 0 aliphatic carbocycles. The maximum absolute atomic E-state index is 9.34. The molecule has 9 aromatic rings. The van der Waals surface area contributed by atoms with Crippen LogP contribution in [-0.2, 0) is 35.6 Å². The van der Waals surface area contributed by atoms with Gasteiger partial charge in [-0.3, -0.25) is 0 Å². The average molecular weight is 1100 g/mol. The molecule has 0 fully saturated rings. The van der Waals surface area contributed by atoms with Gasteiger partial charge in [-0.2, -0.15) is 5.10 Å². The fourth-order valence-electron chi connectivity index (χ4n) is 9.10. The van der Waals surface area contributed by atoms with Crippen molar-refractivity contribution in [2.45, 2.75) is 98.2 Å². The van der Waals surface area contributed by atoms with E-state index in [1.165, 1.54) is 0 Å². The molecule has 1 aliphatic heterocycles. The third-order valence-corrected chi connectivity index (χ3v) is 13.8. The van der Waals surface area contributed by atoms with Crippen molar-refractivity contribution >= 4 is 29.5 Å².